The van der Waals surface area contributed by atoms with Crippen LogP contribution in [0.4, 0.5) is 17.6 Å². The minimum Gasteiger partial charge on any atom is -0.192 e. The molecule has 2 heterocycles. The maximum absolute atomic E-state index is 14.1. The van der Waals surface area contributed by atoms with Gasteiger partial charge in [-0.2, -0.15) is 84.3 Å². The Morgan fingerprint density at radius 3 is 1.11 bits per heavy atom. The summed E-state index contributed by atoms with van der Waals surface area (Å²) in [6, 6.07) is 12.7. The Bertz CT molecular complexity index is 2120. The van der Waals surface area contributed by atoms with Gasteiger partial charge in [-0.3, -0.25) is 0 Å². The number of nitrogens with zero attached hydrogens (tertiary/aromatic N) is 13. The molecule has 17 heteroatoms. The average Bonchev–Trinajstić information content (AvgIpc) is 3.49. The smallest absolute Gasteiger partial charge is 0.192 e. The highest BCUT2D eigenvalue weighted by molar-refractivity contribution is 6.30. The molecule has 202 valence electrons. The fourth-order valence-electron chi connectivity index (χ4n) is 4.82. The summed E-state index contributed by atoms with van der Waals surface area (Å²) < 4.78 is 56.2. The molecule has 1 aromatic carbocycles. The second-order valence-corrected chi connectivity index (χ2v) is 8.27. The quantitative estimate of drug-likeness (QED) is 0.311. The van der Waals surface area contributed by atoms with E-state index in [0.29, 0.717) is 0 Å². The third kappa shape index (κ3) is 3.95. The number of hydrogen-bond acceptors (Lipinski definition) is 13. The van der Waals surface area contributed by atoms with Crippen molar-refractivity contribution in [3.8, 4) is 42.5 Å². The minimum atomic E-state index is -1.62. The minimum absolute atomic E-state index is 0.273. The molecule has 0 saturated heterocycles. The Balaban J connectivity index is 2.05. The summed E-state index contributed by atoms with van der Waals surface area (Å²) in [5, 5.41) is 69.7. The van der Waals surface area contributed by atoms with Crippen molar-refractivity contribution in [2.24, 2.45) is 0 Å². The van der Waals surface area contributed by atoms with Crippen LogP contribution in [0.15, 0.2) is 17.2 Å². The second kappa shape index (κ2) is 10.4. The van der Waals surface area contributed by atoms with E-state index in [0.717, 1.165) is 6.07 Å². The van der Waals surface area contributed by atoms with Gasteiger partial charge in [-0.25, -0.2) is 0 Å². The van der Waals surface area contributed by atoms with Gasteiger partial charge in [0.05, 0.1) is 16.7 Å². The van der Waals surface area contributed by atoms with Gasteiger partial charge >= 0.3 is 24.3 Å². The van der Waals surface area contributed by atoms with Gasteiger partial charge in [0, 0.05) is 33.4 Å². The van der Waals surface area contributed by atoms with Crippen LogP contribution in [0.3, 0.4) is 0 Å². The van der Waals surface area contributed by atoms with E-state index in [1.165, 1.54) is 0 Å². The summed E-state index contributed by atoms with van der Waals surface area (Å²) >= 11 is 0. The predicted octanol–water partition coefficient (Wildman–Crippen LogP) is 2.98. The zero-order valence-corrected chi connectivity index (χ0v) is 20.9. The SMILES string of the molecule is N#CC(C#N)=C1C(c2nc(F)nc(F)n2)=C(C#N)c2c1cc1c(c2C#N)C(C#N)=C(c2nc(F)nc(F)n2)C1=C(C#N)C#N. The van der Waals surface area contributed by atoms with Crippen LogP contribution in [0, 0.1) is 104 Å². The Labute approximate surface area is 241 Å². The second-order valence-electron chi connectivity index (χ2n) is 8.27. The molecular weight excluding hydrogens is 582 g/mol. The molecule has 5 rings (SSSR count). The number of rotatable bonds is 2. The maximum atomic E-state index is 14.1. The lowest BCUT2D eigenvalue weighted by Crippen LogP contribution is -2.05. The first-order chi connectivity index (χ1) is 21.2. The topological polar surface area (TPSA) is 244 Å². The molecule has 0 N–H and O–H groups in total. The van der Waals surface area contributed by atoms with Crippen LogP contribution in [-0.2, 0) is 0 Å². The van der Waals surface area contributed by atoms with E-state index >= 15 is 0 Å². The monoisotopic (exact) mass is 583 g/mol. The van der Waals surface area contributed by atoms with Crippen molar-refractivity contribution in [1.29, 1.82) is 36.8 Å². The number of nitriles is 7. The van der Waals surface area contributed by atoms with Gasteiger partial charge in [0.1, 0.15) is 53.6 Å². The molecular formula is C27HF4N13. The highest BCUT2D eigenvalue weighted by Gasteiger charge is 2.42. The van der Waals surface area contributed by atoms with Crippen LogP contribution in [0.25, 0.3) is 33.4 Å². The fraction of sp³-hybridized carbons (Fsp3) is 0. The molecule has 0 fully saturated rings. The molecule has 13 nitrogen and oxygen atoms in total. The zero-order valence-electron chi connectivity index (χ0n) is 20.9. The molecule has 44 heavy (non-hydrogen) atoms. The molecule has 2 aliphatic carbocycles. The molecule has 2 aliphatic rings. The maximum Gasteiger partial charge on any atom is 0.314 e. The van der Waals surface area contributed by atoms with E-state index in [9.17, 15) is 54.4 Å². The summed E-state index contributed by atoms with van der Waals surface area (Å²) in [4.78, 5) is 19.1. The first-order valence-corrected chi connectivity index (χ1v) is 11.3. The van der Waals surface area contributed by atoms with Crippen LogP contribution in [0.5, 0.6) is 0 Å². The molecule has 2 aromatic heterocycles. The zero-order chi connectivity index (χ0) is 31.9. The molecule has 0 amide bonds. The molecule has 0 aliphatic heterocycles. The highest BCUT2D eigenvalue weighted by Crippen LogP contribution is 2.55. The van der Waals surface area contributed by atoms with Crippen molar-refractivity contribution >= 4 is 33.4 Å². The summed E-state index contributed by atoms with van der Waals surface area (Å²) in [5.41, 5.74) is -6.39. The Morgan fingerprint density at radius 2 is 0.841 bits per heavy atom. The van der Waals surface area contributed by atoms with Crippen LogP contribution in [-0.4, -0.2) is 29.9 Å². The average molecular weight is 583 g/mol. The van der Waals surface area contributed by atoms with Gasteiger partial charge in [-0.05, 0) is 17.2 Å². The number of fused-ring (bicyclic) bond motifs is 2. The number of benzene rings is 1. The number of halogens is 4. The van der Waals surface area contributed by atoms with Crippen LogP contribution in [0.1, 0.15) is 39.5 Å². The third-order valence-electron chi connectivity index (χ3n) is 6.26. The molecule has 0 radical (unpaired) electrons. The molecule has 3 aromatic rings. The van der Waals surface area contributed by atoms with Gasteiger partial charge in [0.2, 0.25) is 0 Å². The summed E-state index contributed by atoms with van der Waals surface area (Å²) in [6.07, 6.45) is -6.50. The van der Waals surface area contributed by atoms with Gasteiger partial charge < -0.3 is 0 Å². The normalized spacial score (nSPS) is 12.6. The van der Waals surface area contributed by atoms with Crippen molar-refractivity contribution in [2.75, 3.05) is 0 Å². The van der Waals surface area contributed by atoms with E-state index in [1.54, 1.807) is 42.5 Å². The number of allylic oxidation sites excluding steroid dienone is 8. The molecule has 0 saturated carbocycles. The van der Waals surface area contributed by atoms with E-state index in [2.05, 4.69) is 29.9 Å². The lowest BCUT2D eigenvalue weighted by molar-refractivity contribution is 0.451. The largest absolute Gasteiger partial charge is 0.314 e. The van der Waals surface area contributed by atoms with E-state index < -0.39 is 86.1 Å². The van der Waals surface area contributed by atoms with E-state index in [4.69, 9.17) is 0 Å². The molecule has 0 bridgehead atoms. The van der Waals surface area contributed by atoms with E-state index in [1.807, 2.05) is 0 Å². The van der Waals surface area contributed by atoms with Crippen molar-refractivity contribution in [3.63, 3.8) is 0 Å². The van der Waals surface area contributed by atoms with Gasteiger partial charge in [0.15, 0.2) is 11.6 Å². The summed E-state index contributed by atoms with van der Waals surface area (Å²) in [6.45, 7) is 0. The Hall–Kier alpha value is -7.65. The van der Waals surface area contributed by atoms with Crippen LogP contribution in [0.2, 0.25) is 0 Å². The van der Waals surface area contributed by atoms with Crippen molar-refractivity contribution in [1.82, 2.24) is 29.9 Å². The van der Waals surface area contributed by atoms with Crippen molar-refractivity contribution in [3.05, 3.63) is 81.0 Å². The Morgan fingerprint density at radius 1 is 0.500 bits per heavy atom. The number of aromatic nitrogens is 6. The Kier molecular flexibility index (Phi) is 6.59. The first-order valence-electron chi connectivity index (χ1n) is 11.3. The predicted molar refractivity (Wildman–Crippen MR) is 132 cm³/mol. The van der Waals surface area contributed by atoms with Gasteiger partial charge in [-0.1, -0.05) is 0 Å². The van der Waals surface area contributed by atoms with Crippen LogP contribution < -0.4 is 0 Å². The van der Waals surface area contributed by atoms with Crippen molar-refractivity contribution < 1.29 is 17.6 Å². The lowest BCUT2D eigenvalue weighted by Gasteiger charge is -2.12. The lowest BCUT2D eigenvalue weighted by atomic mass is 9.87. The third-order valence-corrected chi connectivity index (χ3v) is 6.26. The fourth-order valence-corrected chi connectivity index (χ4v) is 4.82. The van der Waals surface area contributed by atoms with Crippen molar-refractivity contribution in [2.45, 2.75) is 0 Å². The molecule has 0 atom stereocenters. The van der Waals surface area contributed by atoms with Gasteiger partial charge in [-0.15, -0.1) is 0 Å². The first kappa shape index (κ1) is 27.9. The molecule has 0 spiro atoms. The molecule has 0 unspecified atom stereocenters. The summed E-state index contributed by atoms with van der Waals surface area (Å²) in [7, 11) is 0. The number of hydrogen-bond donors (Lipinski definition) is 0. The van der Waals surface area contributed by atoms with Gasteiger partial charge in [0.25, 0.3) is 0 Å². The van der Waals surface area contributed by atoms with Crippen LogP contribution >= 0.6 is 0 Å². The summed E-state index contributed by atoms with van der Waals surface area (Å²) in [5.74, 6) is -1.66. The standard InChI is InChI=1S/C27HF4N13/c28-24-39-22(40-25(29)43-24)20-14(7-37)18-11(16(20)9(2-32)3-33)1-12-17(10(4-34)5-35)21(15(8-38)19(12)13(18)6-36)23-41-26(30)44-27(31)42-23/h1H. The highest BCUT2D eigenvalue weighted by atomic mass is 19.2. The van der Waals surface area contributed by atoms with E-state index in [-0.39, 0.29) is 22.3 Å².